The second-order valence-corrected chi connectivity index (χ2v) is 6.52. The Balaban J connectivity index is 2.15. The van der Waals surface area contributed by atoms with Crippen molar-refractivity contribution >= 4 is 35.2 Å². The third kappa shape index (κ3) is 4.53. The lowest BCUT2D eigenvalue weighted by Crippen LogP contribution is -2.25. The standard InChI is InChI=1S/C19H20Cl2N2O2/c1-12-10-22-17(13(2)19(12)25-4)11-23(3)18(24)9-8-14-15(20)6-5-7-16(14)21/h5-10H,11H2,1-4H3/b9-8-. The molecule has 0 fully saturated rings. The molecule has 0 bridgehead atoms. The molecule has 2 rings (SSSR count). The van der Waals surface area contributed by atoms with Crippen LogP contribution in [0.15, 0.2) is 30.5 Å². The Labute approximate surface area is 158 Å². The van der Waals surface area contributed by atoms with Crippen LogP contribution in [-0.4, -0.2) is 29.9 Å². The monoisotopic (exact) mass is 378 g/mol. The van der Waals surface area contributed by atoms with Crippen LogP contribution in [0.5, 0.6) is 5.75 Å². The lowest BCUT2D eigenvalue weighted by Gasteiger charge is -2.18. The minimum Gasteiger partial charge on any atom is -0.496 e. The van der Waals surface area contributed by atoms with E-state index in [4.69, 9.17) is 27.9 Å². The highest BCUT2D eigenvalue weighted by atomic mass is 35.5. The summed E-state index contributed by atoms with van der Waals surface area (Å²) < 4.78 is 5.40. The molecule has 0 spiro atoms. The topological polar surface area (TPSA) is 42.4 Å². The van der Waals surface area contributed by atoms with Crippen LogP contribution in [0.2, 0.25) is 10.0 Å². The molecule has 4 nitrogen and oxygen atoms in total. The van der Waals surface area contributed by atoms with E-state index in [1.165, 1.54) is 6.08 Å². The van der Waals surface area contributed by atoms with Crippen LogP contribution in [-0.2, 0) is 11.3 Å². The van der Waals surface area contributed by atoms with E-state index in [1.54, 1.807) is 49.5 Å². The van der Waals surface area contributed by atoms with Gasteiger partial charge in [-0.05, 0) is 32.1 Å². The Hall–Kier alpha value is -2.04. The van der Waals surface area contributed by atoms with Crippen molar-refractivity contribution in [1.82, 2.24) is 9.88 Å². The molecule has 6 heteroatoms. The average Bonchev–Trinajstić information content (AvgIpc) is 2.57. The summed E-state index contributed by atoms with van der Waals surface area (Å²) >= 11 is 12.2. The number of aromatic nitrogens is 1. The molecule has 0 unspecified atom stereocenters. The molecule has 0 N–H and O–H groups in total. The molecule has 0 aliphatic rings. The SMILES string of the molecule is COc1c(C)cnc(CN(C)C(=O)/C=C\c2c(Cl)cccc2Cl)c1C. The van der Waals surface area contributed by atoms with E-state index in [1.807, 2.05) is 13.8 Å². The molecule has 1 aromatic carbocycles. The molecule has 2 aromatic rings. The average molecular weight is 379 g/mol. The largest absolute Gasteiger partial charge is 0.496 e. The second kappa shape index (κ2) is 8.37. The van der Waals surface area contributed by atoms with Crippen LogP contribution in [0.3, 0.4) is 0 Å². The summed E-state index contributed by atoms with van der Waals surface area (Å²) in [5, 5.41) is 1.000. The zero-order valence-corrected chi connectivity index (χ0v) is 16.1. The Morgan fingerprint density at radius 3 is 2.52 bits per heavy atom. The first kappa shape index (κ1) is 19.3. The fourth-order valence-electron chi connectivity index (χ4n) is 2.48. The highest BCUT2D eigenvalue weighted by molar-refractivity contribution is 6.37. The third-order valence-corrected chi connectivity index (χ3v) is 4.56. The van der Waals surface area contributed by atoms with Crippen LogP contribution < -0.4 is 4.74 Å². The number of ether oxygens (including phenoxy) is 1. The van der Waals surface area contributed by atoms with E-state index in [0.717, 1.165) is 22.6 Å². The summed E-state index contributed by atoms with van der Waals surface area (Å²) in [6.45, 7) is 4.25. The Bertz CT molecular complexity index is 799. The first-order chi connectivity index (χ1) is 11.8. The van der Waals surface area contributed by atoms with Gasteiger partial charge >= 0.3 is 0 Å². The molecule has 1 heterocycles. The molecule has 0 radical (unpaired) electrons. The van der Waals surface area contributed by atoms with Gasteiger partial charge in [-0.2, -0.15) is 0 Å². The number of rotatable bonds is 5. The van der Waals surface area contributed by atoms with Crippen molar-refractivity contribution < 1.29 is 9.53 Å². The number of hydrogen-bond donors (Lipinski definition) is 0. The molecule has 132 valence electrons. The van der Waals surface area contributed by atoms with Crippen LogP contribution in [0, 0.1) is 13.8 Å². The summed E-state index contributed by atoms with van der Waals surface area (Å²) in [6, 6.07) is 5.22. The lowest BCUT2D eigenvalue weighted by atomic mass is 10.1. The second-order valence-electron chi connectivity index (χ2n) is 5.71. The zero-order valence-electron chi connectivity index (χ0n) is 14.6. The quantitative estimate of drug-likeness (QED) is 0.708. The first-order valence-electron chi connectivity index (χ1n) is 7.71. The number of carbonyl (C=O) groups is 1. The fourth-order valence-corrected chi connectivity index (χ4v) is 3.01. The summed E-state index contributed by atoms with van der Waals surface area (Å²) in [6.07, 6.45) is 4.83. The number of benzene rings is 1. The zero-order chi connectivity index (χ0) is 18.6. The molecule has 1 amide bonds. The van der Waals surface area contributed by atoms with E-state index in [9.17, 15) is 4.79 Å². The number of hydrogen-bond acceptors (Lipinski definition) is 3. The van der Waals surface area contributed by atoms with Gasteiger partial charge in [-0.15, -0.1) is 0 Å². The molecule has 0 saturated heterocycles. The summed E-state index contributed by atoms with van der Waals surface area (Å²) in [5.41, 5.74) is 3.31. The van der Waals surface area contributed by atoms with E-state index in [2.05, 4.69) is 4.98 Å². The van der Waals surface area contributed by atoms with Crippen LogP contribution in [0.4, 0.5) is 0 Å². The van der Waals surface area contributed by atoms with Gasteiger partial charge in [0.25, 0.3) is 0 Å². The van der Waals surface area contributed by atoms with Crippen molar-refractivity contribution in [3.05, 3.63) is 62.9 Å². The van der Waals surface area contributed by atoms with Gasteiger partial charge in [0.05, 0.1) is 19.3 Å². The Kier molecular flexibility index (Phi) is 6.45. The van der Waals surface area contributed by atoms with Crippen molar-refractivity contribution in [3.8, 4) is 5.75 Å². The normalized spacial score (nSPS) is 11.0. The Morgan fingerprint density at radius 1 is 1.28 bits per heavy atom. The van der Waals surface area contributed by atoms with Gasteiger partial charge in [0.15, 0.2) is 0 Å². The smallest absolute Gasteiger partial charge is 0.246 e. The third-order valence-electron chi connectivity index (χ3n) is 3.91. The summed E-state index contributed by atoms with van der Waals surface area (Å²) in [4.78, 5) is 18.4. The van der Waals surface area contributed by atoms with Gasteiger partial charge in [0.1, 0.15) is 5.75 Å². The molecule has 0 atom stereocenters. The van der Waals surface area contributed by atoms with Gasteiger partial charge in [0, 0.05) is 46.1 Å². The molecule has 0 aliphatic heterocycles. The lowest BCUT2D eigenvalue weighted by molar-refractivity contribution is -0.125. The Morgan fingerprint density at radius 2 is 1.92 bits per heavy atom. The number of aryl methyl sites for hydroxylation is 1. The van der Waals surface area contributed by atoms with Gasteiger partial charge in [-0.1, -0.05) is 29.3 Å². The van der Waals surface area contributed by atoms with Crippen molar-refractivity contribution in [2.75, 3.05) is 14.2 Å². The molecular formula is C19H20Cl2N2O2. The maximum absolute atomic E-state index is 12.4. The fraction of sp³-hybridized carbons (Fsp3) is 0.263. The number of halogens is 2. The van der Waals surface area contributed by atoms with E-state index < -0.39 is 0 Å². The molecule has 0 saturated carbocycles. The van der Waals surface area contributed by atoms with E-state index in [-0.39, 0.29) is 5.91 Å². The molecular weight excluding hydrogens is 359 g/mol. The summed E-state index contributed by atoms with van der Waals surface area (Å²) in [5.74, 6) is 0.626. The predicted octanol–water partition coefficient (Wildman–Crippen LogP) is 4.69. The molecule has 25 heavy (non-hydrogen) atoms. The number of amides is 1. The van der Waals surface area contributed by atoms with Crippen molar-refractivity contribution in [3.63, 3.8) is 0 Å². The van der Waals surface area contributed by atoms with Crippen molar-refractivity contribution in [1.29, 1.82) is 0 Å². The number of carbonyl (C=O) groups excluding carboxylic acids is 1. The van der Waals surface area contributed by atoms with E-state index >= 15 is 0 Å². The molecule has 1 aromatic heterocycles. The number of nitrogens with zero attached hydrogens (tertiary/aromatic N) is 2. The minimum absolute atomic E-state index is 0.170. The maximum atomic E-state index is 12.4. The van der Waals surface area contributed by atoms with Gasteiger partial charge in [0.2, 0.25) is 5.91 Å². The highest BCUT2D eigenvalue weighted by Gasteiger charge is 2.13. The van der Waals surface area contributed by atoms with Gasteiger partial charge < -0.3 is 9.64 Å². The summed E-state index contributed by atoms with van der Waals surface area (Å²) in [7, 11) is 3.35. The van der Waals surface area contributed by atoms with Gasteiger partial charge in [-0.3, -0.25) is 9.78 Å². The first-order valence-corrected chi connectivity index (χ1v) is 8.47. The maximum Gasteiger partial charge on any atom is 0.246 e. The predicted molar refractivity (Wildman–Crippen MR) is 102 cm³/mol. The van der Waals surface area contributed by atoms with Crippen molar-refractivity contribution in [2.24, 2.45) is 0 Å². The number of pyridine rings is 1. The van der Waals surface area contributed by atoms with Crippen molar-refractivity contribution in [2.45, 2.75) is 20.4 Å². The molecule has 0 aliphatic carbocycles. The van der Waals surface area contributed by atoms with Crippen LogP contribution in [0.25, 0.3) is 6.08 Å². The minimum atomic E-state index is -0.170. The van der Waals surface area contributed by atoms with Crippen LogP contribution >= 0.6 is 23.2 Å². The number of methoxy groups -OCH3 is 1. The number of likely N-dealkylation sites (N-methyl/N-ethyl adjacent to an activating group) is 1. The van der Waals surface area contributed by atoms with E-state index in [0.29, 0.717) is 22.2 Å². The highest BCUT2D eigenvalue weighted by Crippen LogP contribution is 2.26. The van der Waals surface area contributed by atoms with Crippen LogP contribution in [0.1, 0.15) is 22.4 Å². The van der Waals surface area contributed by atoms with Gasteiger partial charge in [-0.25, -0.2) is 0 Å².